The normalized spacial score (nSPS) is 21.1. The number of nitrogens with one attached hydrogen (secondary N) is 1. The Hall–Kier alpha value is 0.00688. The van der Waals surface area contributed by atoms with Gasteiger partial charge in [0.2, 0.25) is 0 Å². The van der Waals surface area contributed by atoms with Crippen LogP contribution in [0, 0.1) is 11.5 Å². The minimum absolute atomic E-state index is 0.274. The number of hydrogen-bond acceptors (Lipinski definition) is 3. The van der Waals surface area contributed by atoms with Crippen LogP contribution in [-0.4, -0.2) is 36.1 Å². The molecule has 1 fully saturated rings. The summed E-state index contributed by atoms with van der Waals surface area (Å²) < 4.78 is 20.2. The van der Waals surface area contributed by atoms with Crippen molar-refractivity contribution in [1.82, 2.24) is 4.72 Å². The molecule has 1 rings (SSSR count). The van der Waals surface area contributed by atoms with Crippen LogP contribution in [0.25, 0.3) is 0 Å². The van der Waals surface area contributed by atoms with Gasteiger partial charge in [-0.3, -0.25) is 0 Å². The molecule has 0 radical (unpaired) electrons. The van der Waals surface area contributed by atoms with Crippen LogP contribution in [0.15, 0.2) is 0 Å². The van der Waals surface area contributed by atoms with Gasteiger partial charge in [0.25, 0.3) is 0 Å². The van der Waals surface area contributed by atoms with Gasteiger partial charge in [-0.25, -0.2) is 0 Å². The zero-order valence-corrected chi connectivity index (χ0v) is 13.5. The maximum atomic E-state index is 12.1. The molecule has 0 aromatic carbocycles. The third-order valence-corrected chi connectivity index (χ3v) is 4.78. The summed E-state index contributed by atoms with van der Waals surface area (Å²) in [6, 6.07) is 0. The molecule has 0 spiro atoms. The Bertz CT molecular complexity index is 331. The van der Waals surface area contributed by atoms with Crippen molar-refractivity contribution in [2.24, 2.45) is 0 Å². The molecule has 1 N–H and O–H groups in total. The van der Waals surface area contributed by atoms with E-state index >= 15 is 0 Å². The molecule has 0 aromatic heterocycles. The van der Waals surface area contributed by atoms with E-state index < -0.39 is 25.0 Å². The molecule has 98 valence electrons. The molecule has 1 aliphatic rings. The van der Waals surface area contributed by atoms with E-state index in [0.717, 1.165) is 0 Å². The number of hydrogen-bond donors (Lipinski definition) is 1. The van der Waals surface area contributed by atoms with Crippen LogP contribution in [0.3, 0.4) is 0 Å². The van der Waals surface area contributed by atoms with E-state index in [-0.39, 0.29) is 4.75 Å². The van der Waals surface area contributed by atoms with E-state index in [1.165, 1.54) is 0 Å². The second-order valence-corrected chi connectivity index (χ2v) is 13.3. The van der Waals surface area contributed by atoms with Gasteiger partial charge in [-0.15, -0.1) is 10.3 Å². The molecule has 1 atom stereocenters. The first-order chi connectivity index (χ1) is 7.54. The van der Waals surface area contributed by atoms with Crippen molar-refractivity contribution < 1.29 is 9.29 Å². The standard InChI is InChI=1S/C12H23NO2SSi/c1-11(2,3)16(14)13-12(9-15-10-12)7-8-17(4,5)6/h13H,9-10H2,1-6H3. The van der Waals surface area contributed by atoms with E-state index in [9.17, 15) is 4.55 Å². The van der Waals surface area contributed by atoms with Gasteiger partial charge >= 0.3 is 0 Å². The van der Waals surface area contributed by atoms with E-state index in [2.05, 4.69) is 35.8 Å². The van der Waals surface area contributed by atoms with Gasteiger partial charge in [-0.05, 0) is 20.8 Å². The second-order valence-electron chi connectivity index (χ2n) is 6.56. The summed E-state index contributed by atoms with van der Waals surface area (Å²) in [5.74, 6) is 3.26. The Morgan fingerprint density at radius 2 is 1.82 bits per heavy atom. The molecule has 0 aromatic rings. The van der Waals surface area contributed by atoms with Gasteiger partial charge in [0.15, 0.2) is 5.54 Å². The van der Waals surface area contributed by atoms with Crippen molar-refractivity contribution in [2.75, 3.05) is 13.2 Å². The summed E-state index contributed by atoms with van der Waals surface area (Å²) in [5.41, 5.74) is 2.94. The summed E-state index contributed by atoms with van der Waals surface area (Å²) in [7, 11) is -1.40. The molecule has 1 saturated heterocycles. The van der Waals surface area contributed by atoms with Gasteiger partial charge in [0.05, 0.1) is 13.2 Å². The van der Waals surface area contributed by atoms with Gasteiger partial charge in [-0.2, -0.15) is 0 Å². The average molecular weight is 273 g/mol. The lowest BCUT2D eigenvalue weighted by molar-refractivity contribution is -0.0315. The van der Waals surface area contributed by atoms with Crippen molar-refractivity contribution in [2.45, 2.75) is 50.7 Å². The molecule has 0 bridgehead atoms. The summed E-state index contributed by atoms with van der Waals surface area (Å²) >= 11 is -1.10. The van der Waals surface area contributed by atoms with Crippen molar-refractivity contribution in [3.63, 3.8) is 0 Å². The molecule has 1 unspecified atom stereocenters. The smallest absolute Gasteiger partial charge is 0.169 e. The summed E-state index contributed by atoms with van der Waals surface area (Å²) in [6.07, 6.45) is 0. The first-order valence-corrected chi connectivity index (χ1v) is 10.5. The molecule has 0 aliphatic carbocycles. The van der Waals surface area contributed by atoms with Crippen molar-refractivity contribution >= 4 is 19.4 Å². The molecule has 5 heteroatoms. The molecule has 1 heterocycles. The van der Waals surface area contributed by atoms with E-state index in [4.69, 9.17) is 4.74 Å². The summed E-state index contributed by atoms with van der Waals surface area (Å²) in [5, 5.41) is 0. The lowest BCUT2D eigenvalue weighted by atomic mass is 10.0. The predicted molar refractivity (Wildman–Crippen MR) is 75.7 cm³/mol. The molecule has 3 nitrogen and oxygen atoms in total. The molecule has 17 heavy (non-hydrogen) atoms. The molecule has 0 saturated carbocycles. The topological polar surface area (TPSA) is 44.3 Å². The first kappa shape index (κ1) is 15.1. The van der Waals surface area contributed by atoms with Gasteiger partial charge in [0, 0.05) is 11.4 Å². The zero-order valence-electron chi connectivity index (χ0n) is 11.6. The van der Waals surface area contributed by atoms with E-state index in [1.54, 1.807) is 0 Å². The molecular weight excluding hydrogens is 250 g/mol. The quantitative estimate of drug-likeness (QED) is 0.473. The molecular formula is C12H23NO2SSi. The number of rotatable bonds is 2. The lowest BCUT2D eigenvalue weighted by Crippen LogP contribution is -2.63. The zero-order chi connectivity index (χ0) is 13.3. The van der Waals surface area contributed by atoms with Crippen LogP contribution >= 0.6 is 0 Å². The SMILES string of the molecule is CC(C)(C)[S+]([O-])NC1(C#C[Si](C)(C)C)COC1. The average Bonchev–Trinajstić information content (AvgIpc) is 2.05. The monoisotopic (exact) mass is 273 g/mol. The molecule has 0 amide bonds. The fourth-order valence-electron chi connectivity index (χ4n) is 1.10. The minimum Gasteiger partial charge on any atom is -0.598 e. The molecule has 1 aliphatic heterocycles. The first-order valence-electron chi connectivity index (χ1n) is 5.86. The third-order valence-electron chi connectivity index (χ3n) is 2.22. The van der Waals surface area contributed by atoms with Crippen LogP contribution in [0.1, 0.15) is 20.8 Å². The Labute approximate surface area is 109 Å². The third kappa shape index (κ3) is 4.64. The largest absolute Gasteiger partial charge is 0.598 e. The highest BCUT2D eigenvalue weighted by Gasteiger charge is 2.44. The van der Waals surface area contributed by atoms with Crippen molar-refractivity contribution in [1.29, 1.82) is 0 Å². The van der Waals surface area contributed by atoms with Crippen LogP contribution in [0.5, 0.6) is 0 Å². The summed E-state index contributed by atoms with van der Waals surface area (Å²) in [6.45, 7) is 13.5. The Kier molecular flexibility index (Phi) is 4.38. The Balaban J connectivity index is 2.73. The van der Waals surface area contributed by atoms with E-state index in [1.807, 2.05) is 20.8 Å². The van der Waals surface area contributed by atoms with Crippen LogP contribution < -0.4 is 4.72 Å². The maximum absolute atomic E-state index is 12.1. The highest BCUT2D eigenvalue weighted by molar-refractivity contribution is 7.90. The van der Waals surface area contributed by atoms with Crippen LogP contribution in [-0.2, 0) is 16.1 Å². The highest BCUT2D eigenvalue weighted by Crippen LogP contribution is 2.22. The van der Waals surface area contributed by atoms with Crippen LogP contribution in [0.4, 0.5) is 0 Å². The van der Waals surface area contributed by atoms with Gasteiger partial charge in [-0.1, -0.05) is 25.6 Å². The highest BCUT2D eigenvalue weighted by atomic mass is 32.2. The number of ether oxygens (including phenoxy) is 1. The fourth-order valence-corrected chi connectivity index (χ4v) is 2.54. The predicted octanol–water partition coefficient (Wildman–Crippen LogP) is 1.69. The van der Waals surface area contributed by atoms with Crippen LogP contribution in [0.2, 0.25) is 19.6 Å². The van der Waals surface area contributed by atoms with Crippen molar-refractivity contribution in [3.05, 3.63) is 0 Å². The maximum Gasteiger partial charge on any atom is 0.169 e. The second kappa shape index (κ2) is 4.94. The Morgan fingerprint density at radius 3 is 2.12 bits per heavy atom. The summed E-state index contributed by atoms with van der Waals surface area (Å²) in [4.78, 5) is 0. The van der Waals surface area contributed by atoms with Gasteiger partial charge in [0.1, 0.15) is 12.8 Å². The Morgan fingerprint density at radius 1 is 1.29 bits per heavy atom. The van der Waals surface area contributed by atoms with Gasteiger partial charge < -0.3 is 9.29 Å². The minimum atomic E-state index is -1.40. The van der Waals surface area contributed by atoms with Crippen molar-refractivity contribution in [3.8, 4) is 11.5 Å². The fraction of sp³-hybridized carbons (Fsp3) is 0.833. The van der Waals surface area contributed by atoms with E-state index in [0.29, 0.717) is 13.2 Å². The lowest BCUT2D eigenvalue weighted by Gasteiger charge is -2.39.